The zero-order chi connectivity index (χ0) is 21.9. The Bertz CT molecular complexity index is 945. The molecule has 1 amide bonds. The number of carbonyl (C=O) groups excluding carboxylic acids is 2. The van der Waals surface area contributed by atoms with Gasteiger partial charge in [-0.2, -0.15) is 0 Å². The van der Waals surface area contributed by atoms with Crippen LogP contribution < -0.4 is 0 Å². The van der Waals surface area contributed by atoms with Crippen molar-refractivity contribution in [1.82, 2.24) is 4.90 Å². The maximum atomic E-state index is 14.3. The summed E-state index contributed by atoms with van der Waals surface area (Å²) in [5.41, 5.74) is -1.93. The molecule has 160 valence electrons. The van der Waals surface area contributed by atoms with E-state index in [1.807, 2.05) is 0 Å². The highest BCUT2D eigenvalue weighted by atomic mass is 19.1. The lowest BCUT2D eigenvalue weighted by Crippen LogP contribution is -2.52. The van der Waals surface area contributed by atoms with E-state index in [9.17, 15) is 27.2 Å². The molecule has 3 rings (SSSR count). The molecule has 30 heavy (non-hydrogen) atoms. The fraction of sp³-hybridized carbons (Fsp3) is 0.364. The molecule has 1 atom stereocenters. The minimum Gasteiger partial charge on any atom is -0.466 e. The van der Waals surface area contributed by atoms with Gasteiger partial charge in [-0.1, -0.05) is 12.1 Å². The number of hydrogen-bond acceptors (Lipinski definition) is 3. The van der Waals surface area contributed by atoms with E-state index in [0.717, 1.165) is 24.3 Å². The lowest BCUT2D eigenvalue weighted by atomic mass is 9.74. The van der Waals surface area contributed by atoms with Crippen molar-refractivity contribution in [3.63, 3.8) is 0 Å². The van der Waals surface area contributed by atoms with Gasteiger partial charge in [-0.25, -0.2) is 17.6 Å². The summed E-state index contributed by atoms with van der Waals surface area (Å²) in [6.45, 7) is 1.67. The van der Waals surface area contributed by atoms with Crippen LogP contribution in [0.5, 0.6) is 0 Å². The molecular formula is C22H21F4NO3. The summed E-state index contributed by atoms with van der Waals surface area (Å²) in [4.78, 5) is 26.9. The Morgan fingerprint density at radius 1 is 1.07 bits per heavy atom. The molecule has 0 spiro atoms. The van der Waals surface area contributed by atoms with E-state index in [2.05, 4.69) is 0 Å². The van der Waals surface area contributed by atoms with Crippen molar-refractivity contribution in [2.24, 2.45) is 5.41 Å². The van der Waals surface area contributed by atoms with Gasteiger partial charge in [0.05, 0.1) is 12.0 Å². The van der Waals surface area contributed by atoms with Gasteiger partial charge in [0.1, 0.15) is 28.8 Å². The predicted molar refractivity (Wildman–Crippen MR) is 101 cm³/mol. The van der Waals surface area contributed by atoms with Crippen LogP contribution in [-0.2, 0) is 16.0 Å². The van der Waals surface area contributed by atoms with Crippen molar-refractivity contribution in [3.8, 4) is 0 Å². The quantitative estimate of drug-likeness (QED) is 0.533. The molecule has 0 N–H and O–H groups in total. The highest BCUT2D eigenvalue weighted by Crippen LogP contribution is 2.37. The van der Waals surface area contributed by atoms with Crippen molar-refractivity contribution in [2.75, 3.05) is 19.7 Å². The van der Waals surface area contributed by atoms with Gasteiger partial charge < -0.3 is 9.64 Å². The average molecular weight is 423 g/mol. The lowest BCUT2D eigenvalue weighted by Gasteiger charge is -2.41. The number of nitrogens with zero attached hydrogens (tertiary/aromatic N) is 1. The van der Waals surface area contributed by atoms with Crippen LogP contribution in [0.1, 0.15) is 35.7 Å². The molecule has 4 nitrogen and oxygen atoms in total. The molecule has 0 aromatic heterocycles. The first-order valence-electron chi connectivity index (χ1n) is 9.62. The number of ether oxygens (including phenoxy) is 1. The van der Waals surface area contributed by atoms with Gasteiger partial charge in [-0.3, -0.25) is 9.59 Å². The second-order valence-corrected chi connectivity index (χ2v) is 7.34. The number of halogens is 4. The highest BCUT2D eigenvalue weighted by Gasteiger charge is 2.45. The maximum Gasteiger partial charge on any atom is 0.314 e. The Kier molecular flexibility index (Phi) is 6.43. The van der Waals surface area contributed by atoms with E-state index in [0.29, 0.717) is 12.5 Å². The van der Waals surface area contributed by atoms with Gasteiger partial charge in [-0.15, -0.1) is 0 Å². The molecule has 2 aromatic carbocycles. The molecule has 1 aliphatic heterocycles. The number of esters is 1. The maximum absolute atomic E-state index is 14.3. The Morgan fingerprint density at radius 2 is 1.77 bits per heavy atom. The monoisotopic (exact) mass is 423 g/mol. The first-order chi connectivity index (χ1) is 14.3. The molecule has 0 radical (unpaired) electrons. The largest absolute Gasteiger partial charge is 0.466 e. The number of likely N-dealkylation sites (tertiary alicyclic amines) is 1. The first-order valence-corrected chi connectivity index (χ1v) is 9.62. The van der Waals surface area contributed by atoms with Crippen molar-refractivity contribution < 1.29 is 31.9 Å². The Balaban J connectivity index is 1.95. The third kappa shape index (κ3) is 4.32. The summed E-state index contributed by atoms with van der Waals surface area (Å²) < 4.78 is 60.9. The summed E-state index contributed by atoms with van der Waals surface area (Å²) in [6.07, 6.45) is 0.497. The fourth-order valence-electron chi connectivity index (χ4n) is 3.86. The number of carbonyl (C=O) groups is 2. The fourth-order valence-corrected chi connectivity index (χ4v) is 3.86. The van der Waals surface area contributed by atoms with Crippen LogP contribution in [0, 0.1) is 28.7 Å². The second kappa shape index (κ2) is 8.85. The van der Waals surface area contributed by atoms with Gasteiger partial charge >= 0.3 is 5.97 Å². The van der Waals surface area contributed by atoms with E-state index < -0.39 is 46.1 Å². The minimum absolute atomic E-state index is 0.0718. The molecule has 0 aliphatic carbocycles. The van der Waals surface area contributed by atoms with Crippen molar-refractivity contribution >= 4 is 11.9 Å². The van der Waals surface area contributed by atoms with E-state index in [-0.39, 0.29) is 38.1 Å². The molecule has 1 heterocycles. The van der Waals surface area contributed by atoms with Crippen LogP contribution in [0.2, 0.25) is 0 Å². The predicted octanol–water partition coefficient (Wildman–Crippen LogP) is 4.27. The van der Waals surface area contributed by atoms with Crippen LogP contribution >= 0.6 is 0 Å². The van der Waals surface area contributed by atoms with Gasteiger partial charge in [0.15, 0.2) is 0 Å². The number of rotatable bonds is 5. The summed E-state index contributed by atoms with van der Waals surface area (Å²) in [5.74, 6) is -5.10. The molecule has 1 saturated heterocycles. The third-order valence-corrected chi connectivity index (χ3v) is 5.29. The summed E-state index contributed by atoms with van der Waals surface area (Å²) in [7, 11) is 0. The molecule has 8 heteroatoms. The van der Waals surface area contributed by atoms with Crippen molar-refractivity contribution in [1.29, 1.82) is 0 Å². The van der Waals surface area contributed by atoms with Crippen LogP contribution in [0.15, 0.2) is 36.4 Å². The highest BCUT2D eigenvalue weighted by molar-refractivity contribution is 5.95. The first kappa shape index (κ1) is 21.8. The zero-order valence-electron chi connectivity index (χ0n) is 16.4. The van der Waals surface area contributed by atoms with Crippen LogP contribution in [-0.4, -0.2) is 36.5 Å². The molecule has 0 saturated carbocycles. The molecule has 0 bridgehead atoms. The van der Waals surface area contributed by atoms with E-state index in [4.69, 9.17) is 4.74 Å². The summed E-state index contributed by atoms with van der Waals surface area (Å²) in [6, 6.07) is 6.15. The number of amides is 1. The summed E-state index contributed by atoms with van der Waals surface area (Å²) in [5, 5.41) is 0. The average Bonchev–Trinajstić information content (AvgIpc) is 2.70. The molecule has 1 aliphatic rings. The van der Waals surface area contributed by atoms with Crippen LogP contribution in [0.25, 0.3) is 0 Å². The topological polar surface area (TPSA) is 46.6 Å². The minimum atomic E-state index is -1.32. The Hall–Kier alpha value is -2.90. The SMILES string of the molecule is CCOC(=O)[C@@]1(Cc2ccc(F)cc2F)CCCN(C(=O)c2c(F)cccc2F)C1. The van der Waals surface area contributed by atoms with Gasteiger partial charge in [0, 0.05) is 19.2 Å². The van der Waals surface area contributed by atoms with Gasteiger partial charge in [0.2, 0.25) is 0 Å². The Labute approximate surface area is 171 Å². The van der Waals surface area contributed by atoms with Crippen LogP contribution in [0.4, 0.5) is 17.6 Å². The van der Waals surface area contributed by atoms with E-state index in [1.54, 1.807) is 6.92 Å². The molecular weight excluding hydrogens is 402 g/mol. The lowest BCUT2D eigenvalue weighted by molar-refractivity contribution is -0.158. The van der Waals surface area contributed by atoms with Crippen molar-refractivity contribution in [3.05, 3.63) is 70.8 Å². The van der Waals surface area contributed by atoms with Crippen LogP contribution in [0.3, 0.4) is 0 Å². The van der Waals surface area contributed by atoms with E-state index >= 15 is 0 Å². The summed E-state index contributed by atoms with van der Waals surface area (Å²) >= 11 is 0. The Morgan fingerprint density at radius 3 is 2.40 bits per heavy atom. The smallest absolute Gasteiger partial charge is 0.314 e. The molecule has 0 unspecified atom stereocenters. The zero-order valence-corrected chi connectivity index (χ0v) is 16.4. The third-order valence-electron chi connectivity index (χ3n) is 5.29. The number of benzene rings is 2. The molecule has 2 aromatic rings. The van der Waals surface area contributed by atoms with Crippen molar-refractivity contribution in [2.45, 2.75) is 26.2 Å². The van der Waals surface area contributed by atoms with Gasteiger partial charge in [-0.05, 0) is 49.9 Å². The van der Waals surface area contributed by atoms with Gasteiger partial charge in [0.25, 0.3) is 5.91 Å². The second-order valence-electron chi connectivity index (χ2n) is 7.34. The standard InChI is InChI=1S/C22H21F4NO3/c1-2-30-21(29)22(12-14-7-8-15(23)11-18(14)26)9-4-10-27(13-22)20(28)19-16(24)5-3-6-17(19)25/h3,5-8,11H,2,4,9-10,12-13H2,1H3/t22-/m1/s1. The number of piperidine rings is 1. The molecule has 1 fully saturated rings. The van der Waals surface area contributed by atoms with E-state index in [1.165, 1.54) is 11.0 Å². The normalized spacial score (nSPS) is 18.9. The number of hydrogen-bond donors (Lipinski definition) is 0.